The standard InChI is InChI=1S/C13H20N4O3S/c14-9-5-11(7-12(6-9)21(16,19)20)17(8-13(15)18)10-3-1-2-4-10/h5-7,10H,1-4,8,14H2,(H2,15,18)(H2,16,19,20). The molecule has 0 radical (unpaired) electrons. The summed E-state index contributed by atoms with van der Waals surface area (Å²) in [5, 5.41) is 5.16. The monoisotopic (exact) mass is 312 g/mol. The van der Waals surface area contributed by atoms with E-state index < -0.39 is 15.9 Å². The van der Waals surface area contributed by atoms with Crippen LogP contribution in [-0.4, -0.2) is 26.9 Å². The van der Waals surface area contributed by atoms with Crippen molar-refractivity contribution in [1.29, 1.82) is 0 Å². The predicted octanol–water partition coefficient (Wildman–Crippen LogP) is 0.151. The van der Waals surface area contributed by atoms with Crippen molar-refractivity contribution in [3.05, 3.63) is 18.2 Å². The first-order valence-electron chi connectivity index (χ1n) is 6.75. The highest BCUT2D eigenvalue weighted by Crippen LogP contribution is 2.30. The molecule has 21 heavy (non-hydrogen) atoms. The van der Waals surface area contributed by atoms with Gasteiger partial charge in [0.2, 0.25) is 15.9 Å². The molecular formula is C13H20N4O3S. The number of hydrogen-bond acceptors (Lipinski definition) is 5. The van der Waals surface area contributed by atoms with Gasteiger partial charge in [0.05, 0.1) is 11.4 Å². The molecule has 2 rings (SSSR count). The van der Waals surface area contributed by atoms with Crippen LogP contribution in [0.15, 0.2) is 23.1 Å². The third kappa shape index (κ3) is 3.85. The van der Waals surface area contributed by atoms with Crippen molar-refractivity contribution < 1.29 is 13.2 Å². The van der Waals surface area contributed by atoms with Gasteiger partial charge in [-0.05, 0) is 31.0 Å². The second-order valence-electron chi connectivity index (χ2n) is 5.34. The summed E-state index contributed by atoms with van der Waals surface area (Å²) in [7, 11) is -3.86. The number of primary amides is 1. The SMILES string of the molecule is NC(=O)CN(c1cc(N)cc(S(N)(=O)=O)c1)C1CCCC1. The predicted molar refractivity (Wildman–Crippen MR) is 81.0 cm³/mol. The van der Waals surface area contributed by atoms with Crippen molar-refractivity contribution in [3.63, 3.8) is 0 Å². The lowest BCUT2D eigenvalue weighted by Crippen LogP contribution is -2.40. The average Bonchev–Trinajstić information content (AvgIpc) is 2.87. The van der Waals surface area contributed by atoms with Gasteiger partial charge in [0.25, 0.3) is 0 Å². The van der Waals surface area contributed by atoms with Gasteiger partial charge in [-0.3, -0.25) is 4.79 Å². The maximum absolute atomic E-state index is 11.5. The van der Waals surface area contributed by atoms with E-state index in [2.05, 4.69) is 0 Å². The fourth-order valence-electron chi connectivity index (χ4n) is 2.75. The number of primary sulfonamides is 1. The molecule has 1 saturated carbocycles. The van der Waals surface area contributed by atoms with Crippen LogP contribution in [0.3, 0.4) is 0 Å². The topological polar surface area (TPSA) is 133 Å². The average molecular weight is 312 g/mol. The van der Waals surface area contributed by atoms with Crippen LogP contribution in [0.1, 0.15) is 25.7 Å². The summed E-state index contributed by atoms with van der Waals surface area (Å²) in [5.74, 6) is -0.471. The fraction of sp³-hybridized carbons (Fsp3) is 0.462. The molecule has 0 unspecified atom stereocenters. The number of benzene rings is 1. The van der Waals surface area contributed by atoms with Crippen molar-refractivity contribution in [3.8, 4) is 0 Å². The molecule has 6 N–H and O–H groups in total. The molecule has 7 nitrogen and oxygen atoms in total. The highest BCUT2D eigenvalue weighted by molar-refractivity contribution is 7.89. The highest BCUT2D eigenvalue weighted by Gasteiger charge is 2.25. The zero-order valence-electron chi connectivity index (χ0n) is 11.7. The molecule has 0 spiro atoms. The molecule has 0 heterocycles. The zero-order valence-corrected chi connectivity index (χ0v) is 12.5. The Bertz CT molecular complexity index is 639. The first kappa shape index (κ1) is 15.6. The summed E-state index contributed by atoms with van der Waals surface area (Å²) in [4.78, 5) is 13.1. The van der Waals surface area contributed by atoms with E-state index in [0.29, 0.717) is 5.69 Å². The molecule has 0 aromatic heterocycles. The molecule has 1 fully saturated rings. The van der Waals surface area contributed by atoms with Gasteiger partial charge in [0.1, 0.15) is 0 Å². The third-order valence-corrected chi connectivity index (χ3v) is 4.56. The number of anilines is 2. The zero-order chi connectivity index (χ0) is 15.6. The maximum atomic E-state index is 11.5. The lowest BCUT2D eigenvalue weighted by Gasteiger charge is -2.30. The molecule has 1 aromatic carbocycles. The summed E-state index contributed by atoms with van der Waals surface area (Å²) in [6, 6.07) is 4.53. The maximum Gasteiger partial charge on any atom is 0.238 e. The minimum absolute atomic E-state index is 0.0260. The Morgan fingerprint density at radius 3 is 2.38 bits per heavy atom. The second kappa shape index (κ2) is 5.90. The third-order valence-electron chi connectivity index (χ3n) is 3.67. The molecule has 1 aromatic rings. The van der Waals surface area contributed by atoms with Crippen LogP contribution in [0.4, 0.5) is 11.4 Å². The van der Waals surface area contributed by atoms with E-state index in [1.54, 1.807) is 6.07 Å². The Labute approximate surface area is 124 Å². The number of sulfonamides is 1. The number of hydrogen-bond donors (Lipinski definition) is 3. The number of rotatable bonds is 5. The van der Waals surface area contributed by atoms with E-state index in [9.17, 15) is 13.2 Å². The summed E-state index contributed by atoms with van der Waals surface area (Å²) >= 11 is 0. The van der Waals surface area contributed by atoms with E-state index in [1.807, 2.05) is 4.90 Å². The number of nitrogens with zero attached hydrogens (tertiary/aromatic N) is 1. The van der Waals surface area contributed by atoms with Crippen LogP contribution in [0.5, 0.6) is 0 Å². The summed E-state index contributed by atoms with van der Waals surface area (Å²) in [5.41, 5.74) is 11.9. The fourth-order valence-corrected chi connectivity index (χ4v) is 3.34. The molecule has 1 amide bonds. The Hall–Kier alpha value is -1.80. The van der Waals surface area contributed by atoms with E-state index in [-0.39, 0.29) is 23.2 Å². The number of nitrogens with two attached hydrogens (primary N) is 3. The van der Waals surface area contributed by atoms with Crippen molar-refractivity contribution in [2.45, 2.75) is 36.6 Å². The Kier molecular flexibility index (Phi) is 4.38. The molecular weight excluding hydrogens is 292 g/mol. The van der Waals surface area contributed by atoms with Gasteiger partial charge in [0.15, 0.2) is 0 Å². The largest absolute Gasteiger partial charge is 0.399 e. The molecule has 1 aliphatic rings. The Balaban J connectivity index is 2.43. The molecule has 0 atom stereocenters. The smallest absolute Gasteiger partial charge is 0.238 e. The number of carbonyl (C=O) groups excluding carboxylic acids is 1. The van der Waals surface area contributed by atoms with Gasteiger partial charge in [0, 0.05) is 17.4 Å². The van der Waals surface area contributed by atoms with Gasteiger partial charge in [-0.15, -0.1) is 0 Å². The minimum atomic E-state index is -3.86. The van der Waals surface area contributed by atoms with Gasteiger partial charge in [-0.2, -0.15) is 0 Å². The van der Waals surface area contributed by atoms with E-state index in [4.69, 9.17) is 16.6 Å². The van der Waals surface area contributed by atoms with E-state index >= 15 is 0 Å². The summed E-state index contributed by atoms with van der Waals surface area (Å²) in [6.07, 6.45) is 4.02. The number of amides is 1. The summed E-state index contributed by atoms with van der Waals surface area (Å²) < 4.78 is 23.0. The Morgan fingerprint density at radius 2 is 1.86 bits per heavy atom. The highest BCUT2D eigenvalue weighted by atomic mass is 32.2. The summed E-state index contributed by atoms with van der Waals surface area (Å²) in [6.45, 7) is 0.0260. The molecule has 1 aliphatic carbocycles. The molecule has 8 heteroatoms. The van der Waals surface area contributed by atoms with Gasteiger partial charge in [-0.25, -0.2) is 13.6 Å². The van der Waals surface area contributed by atoms with Crippen molar-refractivity contribution in [2.24, 2.45) is 10.9 Å². The Morgan fingerprint density at radius 1 is 1.24 bits per heavy atom. The molecule has 0 saturated heterocycles. The normalized spacial score (nSPS) is 16.0. The minimum Gasteiger partial charge on any atom is -0.399 e. The molecule has 0 aliphatic heterocycles. The van der Waals surface area contributed by atoms with Crippen LogP contribution in [0, 0.1) is 0 Å². The van der Waals surface area contributed by atoms with Gasteiger partial charge in [-0.1, -0.05) is 12.8 Å². The quantitative estimate of drug-likeness (QED) is 0.666. The van der Waals surface area contributed by atoms with Crippen LogP contribution < -0.4 is 21.5 Å². The van der Waals surface area contributed by atoms with Crippen LogP contribution in [0.25, 0.3) is 0 Å². The lowest BCUT2D eigenvalue weighted by atomic mass is 10.1. The van der Waals surface area contributed by atoms with Gasteiger partial charge < -0.3 is 16.4 Å². The van der Waals surface area contributed by atoms with Gasteiger partial charge >= 0.3 is 0 Å². The molecule has 0 bridgehead atoms. The first-order valence-corrected chi connectivity index (χ1v) is 8.30. The number of nitrogen functional groups attached to an aromatic ring is 1. The van der Waals surface area contributed by atoms with Crippen LogP contribution in [0.2, 0.25) is 0 Å². The van der Waals surface area contributed by atoms with E-state index in [1.165, 1.54) is 12.1 Å². The number of carbonyl (C=O) groups is 1. The van der Waals surface area contributed by atoms with Crippen LogP contribution in [-0.2, 0) is 14.8 Å². The first-order chi connectivity index (χ1) is 9.77. The lowest BCUT2D eigenvalue weighted by molar-refractivity contribution is -0.116. The molecule has 116 valence electrons. The van der Waals surface area contributed by atoms with E-state index in [0.717, 1.165) is 25.7 Å². The second-order valence-corrected chi connectivity index (χ2v) is 6.90. The van der Waals surface area contributed by atoms with Crippen molar-refractivity contribution in [2.75, 3.05) is 17.2 Å². The van der Waals surface area contributed by atoms with Crippen molar-refractivity contribution in [1.82, 2.24) is 0 Å². The van der Waals surface area contributed by atoms with Crippen molar-refractivity contribution >= 4 is 27.3 Å². The van der Waals surface area contributed by atoms with Crippen LogP contribution >= 0.6 is 0 Å².